The first-order valence-electron chi connectivity index (χ1n) is 7.10. The van der Waals surface area contributed by atoms with Gasteiger partial charge in [0.2, 0.25) is 0 Å². The van der Waals surface area contributed by atoms with Crippen molar-refractivity contribution in [1.29, 1.82) is 0 Å². The van der Waals surface area contributed by atoms with E-state index in [0.29, 0.717) is 0 Å². The maximum atomic E-state index is 12.5. The molecule has 0 radical (unpaired) electrons. The first kappa shape index (κ1) is 11.5. The van der Waals surface area contributed by atoms with E-state index in [0.717, 1.165) is 19.3 Å². The van der Waals surface area contributed by atoms with Crippen LogP contribution in [0.5, 0.6) is 0 Å². The first-order chi connectivity index (χ1) is 8.93. The van der Waals surface area contributed by atoms with Gasteiger partial charge in [0.05, 0.1) is 0 Å². The fraction of sp³-hybridized carbons (Fsp3) is 0.733. The Morgan fingerprint density at radius 1 is 1.16 bits per heavy atom. The van der Waals surface area contributed by atoms with E-state index in [1.807, 2.05) is 6.08 Å². The molecular weight excluding hydrogens is 244 g/mol. The summed E-state index contributed by atoms with van der Waals surface area (Å²) in [6, 6.07) is 0. The summed E-state index contributed by atoms with van der Waals surface area (Å²) in [4.78, 5) is 25.0. The summed E-state index contributed by atoms with van der Waals surface area (Å²) in [6.07, 6.45) is 8.48. The van der Waals surface area contributed by atoms with Crippen LogP contribution < -0.4 is 0 Å². The molecule has 0 amide bonds. The van der Waals surface area contributed by atoms with Crippen LogP contribution in [0.15, 0.2) is 12.2 Å². The Morgan fingerprint density at radius 2 is 1.84 bits per heavy atom. The average Bonchev–Trinajstić information content (AvgIpc) is 2.31. The molecule has 4 rings (SSSR count). The van der Waals surface area contributed by atoms with Crippen LogP contribution in [0.3, 0.4) is 0 Å². The third-order valence-electron chi connectivity index (χ3n) is 5.57. The predicted molar refractivity (Wildman–Crippen MR) is 65.7 cm³/mol. The van der Waals surface area contributed by atoms with Gasteiger partial charge in [-0.2, -0.15) is 0 Å². The number of carbonyl (C=O) groups is 2. The minimum absolute atomic E-state index is 0.00130. The highest BCUT2D eigenvalue weighted by molar-refractivity contribution is 6.05. The van der Waals surface area contributed by atoms with Gasteiger partial charge in [0.15, 0.2) is 5.41 Å². The van der Waals surface area contributed by atoms with Gasteiger partial charge < -0.3 is 9.47 Å². The summed E-state index contributed by atoms with van der Waals surface area (Å²) in [5, 5.41) is 0. The lowest BCUT2D eigenvalue weighted by Crippen LogP contribution is -2.76. The molecule has 3 fully saturated rings. The lowest BCUT2D eigenvalue weighted by molar-refractivity contribution is -0.292. The molecule has 4 aliphatic rings. The minimum Gasteiger partial charge on any atom is -0.422 e. The Hall–Kier alpha value is -1.32. The van der Waals surface area contributed by atoms with E-state index in [-0.39, 0.29) is 29.2 Å². The van der Waals surface area contributed by atoms with E-state index in [2.05, 4.69) is 6.08 Å². The normalized spacial score (nSPS) is 44.3. The Balaban J connectivity index is 1.77. The van der Waals surface area contributed by atoms with E-state index in [1.165, 1.54) is 6.42 Å². The lowest BCUT2D eigenvalue weighted by atomic mass is 9.31. The number of hydrogen-bond acceptors (Lipinski definition) is 4. The summed E-state index contributed by atoms with van der Waals surface area (Å²) < 4.78 is 10.8. The molecule has 102 valence electrons. The molecule has 0 aromatic rings. The summed E-state index contributed by atoms with van der Waals surface area (Å²) in [6.45, 7) is 3.22. The second-order valence-corrected chi connectivity index (χ2v) is 6.80. The van der Waals surface area contributed by atoms with Crippen molar-refractivity contribution in [2.45, 2.75) is 45.3 Å². The van der Waals surface area contributed by atoms with E-state index in [4.69, 9.17) is 9.47 Å². The average molecular weight is 262 g/mol. The SMILES string of the molecule is CC1(C)OC(=O)C2(C(=O)O1)[C@@H]1C=CC13CCCC[C@H]32. The van der Waals surface area contributed by atoms with Crippen LogP contribution >= 0.6 is 0 Å². The molecule has 0 aromatic heterocycles. The maximum Gasteiger partial charge on any atom is 0.327 e. The Bertz CT molecular complexity index is 498. The van der Waals surface area contributed by atoms with Gasteiger partial charge in [-0.25, -0.2) is 0 Å². The molecule has 1 unspecified atom stereocenters. The number of fused-ring (bicyclic) bond motifs is 2. The highest BCUT2D eigenvalue weighted by Crippen LogP contribution is 2.76. The topological polar surface area (TPSA) is 52.6 Å². The van der Waals surface area contributed by atoms with Crippen LogP contribution in [0.2, 0.25) is 0 Å². The number of carbonyl (C=O) groups excluding carboxylic acids is 2. The fourth-order valence-corrected chi connectivity index (χ4v) is 4.84. The number of hydrogen-bond donors (Lipinski definition) is 0. The molecule has 1 heterocycles. The molecule has 4 nitrogen and oxygen atoms in total. The number of allylic oxidation sites excluding steroid dienone is 2. The van der Waals surface area contributed by atoms with Crippen molar-refractivity contribution in [3.63, 3.8) is 0 Å². The highest BCUT2D eigenvalue weighted by atomic mass is 16.7. The van der Waals surface area contributed by atoms with E-state index in [9.17, 15) is 9.59 Å². The van der Waals surface area contributed by atoms with Crippen molar-refractivity contribution in [1.82, 2.24) is 0 Å². The van der Waals surface area contributed by atoms with Crippen molar-refractivity contribution >= 4 is 11.9 Å². The van der Waals surface area contributed by atoms with Gasteiger partial charge in [-0.05, 0) is 18.8 Å². The molecule has 0 bridgehead atoms. The standard InChI is InChI=1S/C15H18O4/c1-13(2)18-11(16)15(12(17)19-13)9-5-3-4-7-14(9)8-6-10(14)15/h6,8-10H,3-5,7H2,1-2H3/t9-,10-,14?/m1/s1. The summed E-state index contributed by atoms with van der Waals surface area (Å²) in [5.74, 6) is -1.78. The van der Waals surface area contributed by atoms with Crippen LogP contribution in [0.25, 0.3) is 0 Å². The van der Waals surface area contributed by atoms with Crippen LogP contribution in [0.4, 0.5) is 0 Å². The van der Waals surface area contributed by atoms with Crippen LogP contribution in [-0.4, -0.2) is 17.7 Å². The van der Waals surface area contributed by atoms with Gasteiger partial charge in [0, 0.05) is 25.2 Å². The van der Waals surface area contributed by atoms with Gasteiger partial charge in [-0.15, -0.1) is 0 Å². The lowest BCUT2D eigenvalue weighted by Gasteiger charge is -2.71. The first-order valence-corrected chi connectivity index (χ1v) is 7.10. The van der Waals surface area contributed by atoms with Gasteiger partial charge in [-0.1, -0.05) is 25.0 Å². The number of ether oxygens (including phenoxy) is 2. The number of rotatable bonds is 0. The van der Waals surface area contributed by atoms with Gasteiger partial charge in [0.1, 0.15) is 0 Å². The molecule has 2 saturated carbocycles. The zero-order valence-corrected chi connectivity index (χ0v) is 11.3. The monoisotopic (exact) mass is 262 g/mol. The molecule has 0 aromatic carbocycles. The van der Waals surface area contributed by atoms with Gasteiger partial charge in [0.25, 0.3) is 5.79 Å². The summed E-state index contributed by atoms with van der Waals surface area (Å²) >= 11 is 0. The molecule has 1 saturated heterocycles. The van der Waals surface area contributed by atoms with Crippen LogP contribution in [-0.2, 0) is 19.1 Å². The molecule has 4 heteroatoms. The number of esters is 2. The Kier molecular flexibility index (Phi) is 1.85. The van der Waals surface area contributed by atoms with Crippen molar-refractivity contribution in [2.24, 2.45) is 22.7 Å². The minimum atomic E-state index is -1.13. The zero-order valence-electron chi connectivity index (χ0n) is 11.3. The zero-order chi connectivity index (χ0) is 13.5. The Morgan fingerprint density at radius 3 is 2.42 bits per heavy atom. The molecule has 3 atom stereocenters. The summed E-state index contributed by atoms with van der Waals surface area (Å²) in [7, 11) is 0. The van der Waals surface area contributed by atoms with Gasteiger partial charge in [-0.3, -0.25) is 9.59 Å². The molecule has 19 heavy (non-hydrogen) atoms. The Labute approximate surface area is 112 Å². The van der Waals surface area contributed by atoms with Crippen LogP contribution in [0, 0.1) is 22.7 Å². The van der Waals surface area contributed by atoms with Gasteiger partial charge >= 0.3 is 11.9 Å². The quantitative estimate of drug-likeness (QED) is 0.381. The van der Waals surface area contributed by atoms with Crippen molar-refractivity contribution < 1.29 is 19.1 Å². The van der Waals surface area contributed by atoms with Crippen molar-refractivity contribution in [3.8, 4) is 0 Å². The smallest absolute Gasteiger partial charge is 0.327 e. The molecule has 1 aliphatic heterocycles. The van der Waals surface area contributed by atoms with E-state index >= 15 is 0 Å². The largest absolute Gasteiger partial charge is 0.422 e. The molecule has 3 aliphatic carbocycles. The molecule has 0 N–H and O–H groups in total. The maximum absolute atomic E-state index is 12.5. The fourth-order valence-electron chi connectivity index (χ4n) is 4.84. The highest BCUT2D eigenvalue weighted by Gasteiger charge is 2.81. The molecule has 2 spiro atoms. The van der Waals surface area contributed by atoms with Crippen molar-refractivity contribution in [3.05, 3.63) is 12.2 Å². The number of cyclic esters (lactones) is 2. The summed E-state index contributed by atoms with van der Waals surface area (Å²) in [5.41, 5.74) is -0.956. The van der Waals surface area contributed by atoms with Crippen LogP contribution in [0.1, 0.15) is 39.5 Å². The van der Waals surface area contributed by atoms with Crippen molar-refractivity contribution in [2.75, 3.05) is 0 Å². The second-order valence-electron chi connectivity index (χ2n) is 6.80. The second kappa shape index (κ2) is 3.05. The third-order valence-corrected chi connectivity index (χ3v) is 5.57. The van der Waals surface area contributed by atoms with E-state index in [1.54, 1.807) is 13.8 Å². The molecular formula is C15H18O4. The predicted octanol–water partition coefficient (Wildman–Crippen LogP) is 2.19. The van der Waals surface area contributed by atoms with E-state index < -0.39 is 11.2 Å². The third kappa shape index (κ3) is 1.04.